The third-order valence-electron chi connectivity index (χ3n) is 2.63. The van der Waals surface area contributed by atoms with Gasteiger partial charge in [-0.2, -0.15) is 8.42 Å². The summed E-state index contributed by atoms with van der Waals surface area (Å²) in [5, 5.41) is 0. The van der Waals surface area contributed by atoms with Crippen molar-refractivity contribution < 1.29 is 22.1 Å². The zero-order valence-corrected chi connectivity index (χ0v) is 11.7. The Morgan fingerprint density at radius 2 is 1.89 bits per heavy atom. The molecule has 1 atom stereocenters. The second-order valence-corrected chi connectivity index (χ2v) is 6.13. The van der Waals surface area contributed by atoms with Crippen LogP contribution < -0.4 is 8.92 Å². The summed E-state index contributed by atoms with van der Waals surface area (Å²) >= 11 is 0. The maximum Gasteiger partial charge on any atom is 0.309 e. The Hall–Kier alpha value is -1.27. The Labute approximate surface area is 113 Å². The molecule has 0 bridgehead atoms. The van der Waals surface area contributed by atoms with Crippen molar-refractivity contribution in [3.63, 3.8) is 0 Å². The van der Waals surface area contributed by atoms with Gasteiger partial charge in [-0.1, -0.05) is 13.3 Å². The van der Waals surface area contributed by atoms with Gasteiger partial charge in [-0.15, -0.1) is 0 Å². The molecule has 1 aromatic carbocycles. The highest BCUT2D eigenvalue weighted by Gasteiger charge is 2.23. The van der Waals surface area contributed by atoms with Crippen LogP contribution in [0.25, 0.3) is 0 Å². The molecule has 1 unspecified atom stereocenters. The average molecular weight is 286 g/mol. The lowest BCUT2D eigenvalue weighted by atomic mass is 10.3. The summed E-state index contributed by atoms with van der Waals surface area (Å²) in [5.74, 6) is 1.03. The summed E-state index contributed by atoms with van der Waals surface area (Å²) < 4.78 is 38.7. The molecule has 1 saturated heterocycles. The van der Waals surface area contributed by atoms with E-state index >= 15 is 0 Å². The molecule has 0 amide bonds. The van der Waals surface area contributed by atoms with Gasteiger partial charge < -0.3 is 13.7 Å². The fourth-order valence-electron chi connectivity index (χ4n) is 1.45. The Bertz CT molecular complexity index is 490. The molecule has 1 aliphatic heterocycles. The first kappa shape index (κ1) is 14.1. The molecule has 1 fully saturated rings. The van der Waals surface area contributed by atoms with Crippen LogP contribution in [0, 0.1) is 0 Å². The van der Waals surface area contributed by atoms with Gasteiger partial charge in [-0.3, -0.25) is 0 Å². The van der Waals surface area contributed by atoms with E-state index in [0.29, 0.717) is 24.5 Å². The normalized spacial score (nSPS) is 18.1. The summed E-state index contributed by atoms with van der Waals surface area (Å²) in [6.45, 7) is 3.21. The summed E-state index contributed by atoms with van der Waals surface area (Å²) in [7, 11) is -3.49. The average Bonchev–Trinajstić information content (AvgIpc) is 3.19. The third kappa shape index (κ3) is 5.08. The molecule has 1 aromatic rings. The monoisotopic (exact) mass is 286 g/mol. The number of ether oxygens (including phenoxy) is 2. The molecule has 0 spiro atoms. The van der Waals surface area contributed by atoms with Crippen LogP contribution in [0.1, 0.15) is 19.8 Å². The van der Waals surface area contributed by atoms with E-state index in [-0.39, 0.29) is 11.9 Å². The number of benzene rings is 1. The minimum atomic E-state index is -3.49. The number of rotatable bonds is 8. The molecular weight excluding hydrogens is 268 g/mol. The van der Waals surface area contributed by atoms with Crippen LogP contribution >= 0.6 is 0 Å². The number of hydrogen-bond donors (Lipinski definition) is 0. The third-order valence-corrected chi connectivity index (χ3v) is 3.87. The molecule has 0 radical (unpaired) electrons. The van der Waals surface area contributed by atoms with E-state index < -0.39 is 10.1 Å². The van der Waals surface area contributed by atoms with E-state index in [1.807, 2.05) is 6.92 Å². The predicted octanol–water partition coefficient (Wildman–Crippen LogP) is 1.97. The summed E-state index contributed by atoms with van der Waals surface area (Å²) in [4.78, 5) is 0. The molecule has 0 N–H and O–H groups in total. The van der Waals surface area contributed by atoms with Gasteiger partial charge in [0.05, 0.1) is 12.4 Å². The Kier molecular flexibility index (Phi) is 4.66. The molecule has 1 heterocycles. The largest absolute Gasteiger partial charge is 0.491 e. The van der Waals surface area contributed by atoms with Gasteiger partial charge in [0.1, 0.15) is 24.2 Å². The first-order chi connectivity index (χ1) is 9.09. The molecule has 0 aromatic heterocycles. The van der Waals surface area contributed by atoms with Gasteiger partial charge in [-0.25, -0.2) is 0 Å². The van der Waals surface area contributed by atoms with Crippen molar-refractivity contribution in [2.24, 2.45) is 0 Å². The minimum Gasteiger partial charge on any atom is -0.491 e. The molecule has 0 saturated carbocycles. The SMILES string of the molecule is CCCCS(=O)(=O)Oc1ccc(OCC2CO2)cc1. The Balaban J connectivity index is 1.86. The predicted molar refractivity (Wildman–Crippen MR) is 71.0 cm³/mol. The fourth-order valence-corrected chi connectivity index (χ4v) is 2.58. The van der Waals surface area contributed by atoms with Crippen LogP contribution in [0.3, 0.4) is 0 Å². The topological polar surface area (TPSA) is 65.1 Å². The van der Waals surface area contributed by atoms with E-state index in [1.165, 1.54) is 0 Å². The van der Waals surface area contributed by atoms with Crippen LogP contribution in [0.5, 0.6) is 11.5 Å². The van der Waals surface area contributed by atoms with Crippen molar-refractivity contribution in [3.05, 3.63) is 24.3 Å². The lowest BCUT2D eigenvalue weighted by molar-refractivity contribution is 0.263. The molecule has 19 heavy (non-hydrogen) atoms. The molecule has 1 aliphatic rings. The van der Waals surface area contributed by atoms with E-state index in [4.69, 9.17) is 13.7 Å². The van der Waals surface area contributed by atoms with Gasteiger partial charge >= 0.3 is 10.1 Å². The Morgan fingerprint density at radius 3 is 2.47 bits per heavy atom. The number of unbranched alkanes of at least 4 members (excludes halogenated alkanes) is 1. The molecule has 5 nitrogen and oxygen atoms in total. The smallest absolute Gasteiger partial charge is 0.309 e. The molecular formula is C13H18O5S. The van der Waals surface area contributed by atoms with Gasteiger partial charge in [0.15, 0.2) is 0 Å². The van der Waals surface area contributed by atoms with Crippen LogP contribution in [-0.4, -0.2) is 33.5 Å². The van der Waals surface area contributed by atoms with Crippen LogP contribution in [0.15, 0.2) is 24.3 Å². The van der Waals surface area contributed by atoms with Gasteiger partial charge in [0, 0.05) is 0 Å². The van der Waals surface area contributed by atoms with Crippen LogP contribution in [0.4, 0.5) is 0 Å². The van der Waals surface area contributed by atoms with Crippen LogP contribution in [0.2, 0.25) is 0 Å². The number of epoxide rings is 1. The zero-order valence-electron chi connectivity index (χ0n) is 10.9. The lowest BCUT2D eigenvalue weighted by Crippen LogP contribution is -2.13. The molecule has 0 aliphatic carbocycles. The second kappa shape index (κ2) is 6.25. The van der Waals surface area contributed by atoms with Gasteiger partial charge in [-0.05, 0) is 30.7 Å². The van der Waals surface area contributed by atoms with Crippen molar-refractivity contribution in [1.82, 2.24) is 0 Å². The molecule has 2 rings (SSSR count). The van der Waals surface area contributed by atoms with Crippen molar-refractivity contribution in [3.8, 4) is 11.5 Å². The summed E-state index contributed by atoms with van der Waals surface area (Å²) in [6, 6.07) is 6.55. The maximum absolute atomic E-state index is 11.6. The zero-order chi connectivity index (χ0) is 13.7. The number of hydrogen-bond acceptors (Lipinski definition) is 5. The maximum atomic E-state index is 11.6. The second-order valence-electron chi connectivity index (χ2n) is 4.44. The highest BCUT2D eigenvalue weighted by molar-refractivity contribution is 7.87. The van der Waals surface area contributed by atoms with Crippen molar-refractivity contribution in [1.29, 1.82) is 0 Å². The fraction of sp³-hybridized carbons (Fsp3) is 0.538. The quantitative estimate of drug-likeness (QED) is 0.540. The highest BCUT2D eigenvalue weighted by atomic mass is 32.2. The van der Waals surface area contributed by atoms with Gasteiger partial charge in [0.25, 0.3) is 0 Å². The van der Waals surface area contributed by atoms with Crippen molar-refractivity contribution in [2.45, 2.75) is 25.9 Å². The molecule has 106 valence electrons. The Morgan fingerprint density at radius 1 is 1.26 bits per heavy atom. The van der Waals surface area contributed by atoms with E-state index in [9.17, 15) is 8.42 Å². The lowest BCUT2D eigenvalue weighted by Gasteiger charge is -2.08. The van der Waals surface area contributed by atoms with E-state index in [1.54, 1.807) is 24.3 Å². The molecule has 6 heteroatoms. The summed E-state index contributed by atoms with van der Waals surface area (Å²) in [5.41, 5.74) is 0. The van der Waals surface area contributed by atoms with Crippen molar-refractivity contribution in [2.75, 3.05) is 19.0 Å². The standard InChI is InChI=1S/C13H18O5S/c1-2-3-8-19(14,15)18-12-6-4-11(5-7-12)16-9-13-10-17-13/h4-7,13H,2-3,8-10H2,1H3. The van der Waals surface area contributed by atoms with Gasteiger partial charge in [0.2, 0.25) is 0 Å². The first-order valence-corrected chi connectivity index (χ1v) is 7.93. The first-order valence-electron chi connectivity index (χ1n) is 6.35. The van der Waals surface area contributed by atoms with E-state index in [2.05, 4.69) is 0 Å². The van der Waals surface area contributed by atoms with Crippen molar-refractivity contribution >= 4 is 10.1 Å². The minimum absolute atomic E-state index is 0.0424. The van der Waals surface area contributed by atoms with Crippen LogP contribution in [-0.2, 0) is 14.9 Å². The van der Waals surface area contributed by atoms with E-state index in [0.717, 1.165) is 13.0 Å². The highest BCUT2D eigenvalue weighted by Crippen LogP contribution is 2.20. The summed E-state index contributed by atoms with van der Waals surface area (Å²) in [6.07, 6.45) is 1.62.